The van der Waals surface area contributed by atoms with Gasteiger partial charge in [-0.3, -0.25) is 4.79 Å². The number of anilines is 1. The summed E-state index contributed by atoms with van der Waals surface area (Å²) in [4.78, 5) is 22.4. The molecule has 120 valence electrons. The third-order valence-corrected chi connectivity index (χ3v) is 3.97. The Morgan fingerprint density at radius 1 is 1.26 bits per heavy atom. The zero-order valence-electron chi connectivity index (χ0n) is 12.5. The van der Waals surface area contributed by atoms with Gasteiger partial charge < -0.3 is 15.0 Å². The van der Waals surface area contributed by atoms with Crippen LogP contribution in [0.4, 0.5) is 5.82 Å². The quantitative estimate of drug-likeness (QED) is 0.929. The van der Waals surface area contributed by atoms with Gasteiger partial charge in [0, 0.05) is 30.7 Å². The van der Waals surface area contributed by atoms with E-state index >= 15 is 0 Å². The van der Waals surface area contributed by atoms with Gasteiger partial charge in [0.15, 0.2) is 0 Å². The van der Waals surface area contributed by atoms with Crippen LogP contribution in [0.5, 0.6) is 0 Å². The minimum absolute atomic E-state index is 0.100. The third-order valence-electron chi connectivity index (χ3n) is 3.60. The predicted molar refractivity (Wildman–Crippen MR) is 87.5 cm³/mol. The smallest absolute Gasteiger partial charge is 0.272 e. The second-order valence-corrected chi connectivity index (χ2v) is 5.55. The van der Waals surface area contributed by atoms with Crippen LogP contribution < -0.4 is 5.32 Å². The fourth-order valence-corrected chi connectivity index (χ4v) is 2.53. The largest absolute Gasteiger partial charge is 0.378 e. The summed E-state index contributed by atoms with van der Waals surface area (Å²) in [6, 6.07) is 9.25. The summed E-state index contributed by atoms with van der Waals surface area (Å²) in [6.45, 7) is 2.83. The van der Waals surface area contributed by atoms with E-state index in [9.17, 15) is 4.79 Å². The fraction of sp³-hybridized carbons (Fsp3) is 0.312. The van der Waals surface area contributed by atoms with Crippen LogP contribution in [0.2, 0.25) is 5.02 Å². The lowest BCUT2D eigenvalue weighted by molar-refractivity contribution is 0.0299. The number of ether oxygens (including phenoxy) is 1. The lowest BCUT2D eigenvalue weighted by Crippen LogP contribution is -2.41. The summed E-state index contributed by atoms with van der Waals surface area (Å²) >= 11 is 6.13. The second kappa shape index (κ2) is 7.39. The number of morpholine rings is 1. The maximum absolute atomic E-state index is 12.4. The van der Waals surface area contributed by atoms with E-state index in [0.717, 1.165) is 5.56 Å². The molecule has 0 unspecified atom stereocenters. The lowest BCUT2D eigenvalue weighted by atomic mass is 10.2. The number of nitrogens with zero attached hydrogens (tertiary/aromatic N) is 3. The Balaban J connectivity index is 1.67. The fourth-order valence-electron chi connectivity index (χ4n) is 2.33. The number of aromatic nitrogens is 2. The van der Waals surface area contributed by atoms with Gasteiger partial charge in [-0.05, 0) is 11.6 Å². The first kappa shape index (κ1) is 15.7. The Bertz CT molecular complexity index is 689. The van der Waals surface area contributed by atoms with Gasteiger partial charge in [-0.25, -0.2) is 9.97 Å². The number of benzene rings is 1. The van der Waals surface area contributed by atoms with Crippen molar-refractivity contribution in [3.8, 4) is 0 Å². The summed E-state index contributed by atoms with van der Waals surface area (Å²) in [5, 5.41) is 3.86. The molecule has 1 aliphatic heterocycles. The highest BCUT2D eigenvalue weighted by molar-refractivity contribution is 6.31. The maximum atomic E-state index is 12.4. The van der Waals surface area contributed by atoms with Crippen molar-refractivity contribution in [1.82, 2.24) is 14.9 Å². The second-order valence-electron chi connectivity index (χ2n) is 5.14. The Labute approximate surface area is 139 Å². The van der Waals surface area contributed by atoms with Gasteiger partial charge in [-0.1, -0.05) is 29.8 Å². The van der Waals surface area contributed by atoms with Gasteiger partial charge in [0.25, 0.3) is 5.91 Å². The van der Waals surface area contributed by atoms with Crippen molar-refractivity contribution in [3.63, 3.8) is 0 Å². The number of carbonyl (C=O) groups excluding carboxylic acids is 1. The number of hydrogen-bond donors (Lipinski definition) is 1. The van der Waals surface area contributed by atoms with E-state index in [1.807, 2.05) is 24.3 Å². The molecule has 6 nitrogen and oxygen atoms in total. The molecule has 0 atom stereocenters. The number of halogens is 1. The number of amides is 1. The van der Waals surface area contributed by atoms with Crippen molar-refractivity contribution >= 4 is 23.3 Å². The molecule has 1 fully saturated rings. The molecule has 0 spiro atoms. The minimum Gasteiger partial charge on any atom is -0.378 e. The molecule has 1 aromatic carbocycles. The first-order valence-electron chi connectivity index (χ1n) is 7.40. The topological polar surface area (TPSA) is 67.4 Å². The Hall–Kier alpha value is -2.18. The molecule has 1 amide bonds. The molecule has 0 bridgehead atoms. The monoisotopic (exact) mass is 332 g/mol. The van der Waals surface area contributed by atoms with E-state index in [1.165, 1.54) is 6.33 Å². The molecule has 2 aromatic rings. The van der Waals surface area contributed by atoms with Crippen LogP contribution in [0, 0.1) is 0 Å². The zero-order chi connectivity index (χ0) is 16.1. The molecular weight excluding hydrogens is 316 g/mol. The van der Waals surface area contributed by atoms with Crippen LogP contribution in [0.25, 0.3) is 0 Å². The molecule has 1 aromatic heterocycles. The van der Waals surface area contributed by atoms with Gasteiger partial charge >= 0.3 is 0 Å². The molecule has 2 heterocycles. The highest BCUT2D eigenvalue weighted by atomic mass is 35.5. The number of hydrogen-bond acceptors (Lipinski definition) is 5. The highest BCUT2D eigenvalue weighted by Gasteiger charge is 2.20. The average molecular weight is 333 g/mol. The van der Waals surface area contributed by atoms with Gasteiger partial charge in [-0.15, -0.1) is 0 Å². The van der Waals surface area contributed by atoms with E-state index in [-0.39, 0.29) is 5.91 Å². The first-order chi connectivity index (χ1) is 11.2. The predicted octanol–water partition coefficient (Wildman–Crippen LogP) is 2.21. The van der Waals surface area contributed by atoms with Crippen molar-refractivity contribution in [3.05, 3.63) is 52.9 Å². The molecular formula is C16H17ClN4O2. The van der Waals surface area contributed by atoms with Crippen LogP contribution in [0.15, 0.2) is 36.7 Å². The Kier molecular flexibility index (Phi) is 5.05. The standard InChI is InChI=1S/C16H17ClN4O2/c17-13-4-2-1-3-12(13)10-18-15-9-14(19-11-20-15)16(22)21-5-7-23-8-6-21/h1-4,9,11H,5-8,10H2,(H,18,19,20). The van der Waals surface area contributed by atoms with Gasteiger partial charge in [0.2, 0.25) is 0 Å². The van der Waals surface area contributed by atoms with Crippen LogP contribution in [0.3, 0.4) is 0 Å². The summed E-state index contributed by atoms with van der Waals surface area (Å²) < 4.78 is 5.26. The number of carbonyl (C=O) groups is 1. The van der Waals surface area contributed by atoms with Crippen LogP contribution >= 0.6 is 11.6 Å². The highest BCUT2D eigenvalue weighted by Crippen LogP contribution is 2.16. The van der Waals surface area contributed by atoms with E-state index in [1.54, 1.807) is 11.0 Å². The summed E-state index contributed by atoms with van der Waals surface area (Å²) in [5.41, 5.74) is 1.34. The molecule has 1 aliphatic rings. The van der Waals surface area contributed by atoms with Gasteiger partial charge in [0.1, 0.15) is 17.8 Å². The van der Waals surface area contributed by atoms with E-state index in [2.05, 4.69) is 15.3 Å². The molecule has 7 heteroatoms. The average Bonchev–Trinajstić information content (AvgIpc) is 2.61. The van der Waals surface area contributed by atoms with Crippen molar-refractivity contribution in [2.75, 3.05) is 31.6 Å². The minimum atomic E-state index is -0.100. The van der Waals surface area contributed by atoms with Gasteiger partial charge in [0.05, 0.1) is 13.2 Å². The maximum Gasteiger partial charge on any atom is 0.272 e. The normalized spacial score (nSPS) is 14.6. The van der Waals surface area contributed by atoms with E-state index in [4.69, 9.17) is 16.3 Å². The number of nitrogens with one attached hydrogen (secondary N) is 1. The summed E-state index contributed by atoms with van der Waals surface area (Å²) in [6.07, 6.45) is 1.39. The van der Waals surface area contributed by atoms with Crippen LogP contribution in [-0.2, 0) is 11.3 Å². The SMILES string of the molecule is O=C(c1cc(NCc2ccccc2Cl)ncn1)N1CCOCC1. The third kappa shape index (κ3) is 3.97. The molecule has 0 radical (unpaired) electrons. The molecule has 0 saturated carbocycles. The van der Waals surface area contributed by atoms with Crippen LogP contribution in [0.1, 0.15) is 16.1 Å². The molecule has 1 N–H and O–H groups in total. The van der Waals surface area contributed by atoms with E-state index in [0.29, 0.717) is 49.4 Å². The molecule has 1 saturated heterocycles. The van der Waals surface area contributed by atoms with Crippen molar-refractivity contribution in [2.45, 2.75) is 6.54 Å². The summed E-state index contributed by atoms with van der Waals surface area (Å²) in [7, 11) is 0. The summed E-state index contributed by atoms with van der Waals surface area (Å²) in [5.74, 6) is 0.494. The molecule has 3 rings (SSSR count). The number of rotatable bonds is 4. The van der Waals surface area contributed by atoms with Crippen molar-refractivity contribution in [2.24, 2.45) is 0 Å². The van der Waals surface area contributed by atoms with Crippen molar-refractivity contribution in [1.29, 1.82) is 0 Å². The first-order valence-corrected chi connectivity index (χ1v) is 7.78. The van der Waals surface area contributed by atoms with Crippen LogP contribution in [-0.4, -0.2) is 47.1 Å². The molecule has 23 heavy (non-hydrogen) atoms. The Morgan fingerprint density at radius 2 is 2.04 bits per heavy atom. The Morgan fingerprint density at radius 3 is 2.83 bits per heavy atom. The van der Waals surface area contributed by atoms with Crippen molar-refractivity contribution < 1.29 is 9.53 Å². The zero-order valence-corrected chi connectivity index (χ0v) is 13.3. The van der Waals surface area contributed by atoms with E-state index < -0.39 is 0 Å². The molecule has 0 aliphatic carbocycles. The van der Waals surface area contributed by atoms with Gasteiger partial charge in [-0.2, -0.15) is 0 Å². The lowest BCUT2D eigenvalue weighted by Gasteiger charge is -2.26.